The smallest absolute Gasteiger partial charge is 0.281 e. The number of thiocarbonyl (C=S) groups is 1. The van der Waals surface area contributed by atoms with E-state index in [2.05, 4.69) is 36.2 Å². The molecular formula is C23H25N3O2S. The molecule has 2 aliphatic heterocycles. The number of nitrogens with one attached hydrogen (secondary N) is 1. The average Bonchev–Trinajstić information content (AvgIpc) is 3.02. The second-order valence-corrected chi connectivity index (χ2v) is 7.95. The molecule has 0 saturated carbocycles. The molecule has 6 heteroatoms. The average molecular weight is 408 g/mol. The quantitative estimate of drug-likeness (QED) is 0.615. The molecule has 29 heavy (non-hydrogen) atoms. The highest BCUT2D eigenvalue weighted by molar-refractivity contribution is 7.80. The monoisotopic (exact) mass is 407 g/mol. The molecule has 0 bridgehead atoms. The number of benzene rings is 2. The first-order chi connectivity index (χ1) is 14.0. The lowest BCUT2D eigenvalue weighted by molar-refractivity contribution is -0.113. The molecule has 2 aromatic carbocycles. The number of hydrogen-bond donors (Lipinski definition) is 1. The topological polar surface area (TPSA) is 44.8 Å². The minimum absolute atomic E-state index is 0.135. The van der Waals surface area contributed by atoms with Gasteiger partial charge in [-0.15, -0.1) is 0 Å². The SMILES string of the molecule is CC(C)c1ccc(N2C(=O)/C(=C/c3ccc(N4CCOCC4)cc3)NC2=S)cc1. The van der Waals surface area contributed by atoms with Gasteiger partial charge >= 0.3 is 0 Å². The molecule has 0 spiro atoms. The van der Waals surface area contributed by atoms with Crippen molar-refractivity contribution >= 4 is 40.7 Å². The largest absolute Gasteiger partial charge is 0.378 e. The van der Waals surface area contributed by atoms with Crippen LogP contribution in [0.4, 0.5) is 11.4 Å². The van der Waals surface area contributed by atoms with E-state index in [1.165, 1.54) is 11.3 Å². The third kappa shape index (κ3) is 4.18. The number of carbonyl (C=O) groups excluding carboxylic acids is 1. The third-order valence-corrected chi connectivity index (χ3v) is 5.56. The molecule has 2 saturated heterocycles. The molecule has 2 aliphatic rings. The van der Waals surface area contributed by atoms with Gasteiger partial charge in [0.05, 0.1) is 18.9 Å². The highest BCUT2D eigenvalue weighted by atomic mass is 32.1. The first kappa shape index (κ1) is 19.6. The maximum absolute atomic E-state index is 12.9. The zero-order valence-corrected chi connectivity index (χ0v) is 17.5. The second-order valence-electron chi connectivity index (χ2n) is 7.57. The first-order valence-corrected chi connectivity index (χ1v) is 10.3. The Morgan fingerprint density at radius 3 is 2.24 bits per heavy atom. The van der Waals surface area contributed by atoms with Crippen molar-refractivity contribution in [3.63, 3.8) is 0 Å². The highest BCUT2D eigenvalue weighted by Gasteiger charge is 2.31. The van der Waals surface area contributed by atoms with Crippen LogP contribution in [0, 0.1) is 0 Å². The number of nitrogens with zero attached hydrogens (tertiary/aromatic N) is 2. The summed E-state index contributed by atoms with van der Waals surface area (Å²) in [5, 5.41) is 3.46. The number of anilines is 2. The number of hydrogen-bond acceptors (Lipinski definition) is 4. The van der Waals surface area contributed by atoms with Crippen molar-refractivity contribution in [3.8, 4) is 0 Å². The number of ether oxygens (including phenoxy) is 1. The summed E-state index contributed by atoms with van der Waals surface area (Å²) in [6, 6.07) is 16.2. The molecule has 4 rings (SSSR count). The molecular weight excluding hydrogens is 382 g/mol. The Morgan fingerprint density at radius 1 is 1.00 bits per heavy atom. The zero-order valence-electron chi connectivity index (χ0n) is 16.7. The summed E-state index contributed by atoms with van der Waals surface area (Å²) < 4.78 is 5.41. The van der Waals surface area contributed by atoms with E-state index in [-0.39, 0.29) is 5.91 Å². The molecule has 1 amide bonds. The molecule has 5 nitrogen and oxygen atoms in total. The van der Waals surface area contributed by atoms with Gasteiger partial charge < -0.3 is 15.0 Å². The molecule has 2 aromatic rings. The van der Waals surface area contributed by atoms with Crippen molar-refractivity contribution in [3.05, 3.63) is 65.4 Å². The van der Waals surface area contributed by atoms with Gasteiger partial charge in [0.15, 0.2) is 5.11 Å². The molecule has 2 heterocycles. The van der Waals surface area contributed by atoms with E-state index in [0.29, 0.717) is 16.7 Å². The lowest BCUT2D eigenvalue weighted by atomic mass is 10.0. The summed E-state index contributed by atoms with van der Waals surface area (Å²) in [5.74, 6) is 0.309. The lowest BCUT2D eigenvalue weighted by Gasteiger charge is -2.28. The van der Waals surface area contributed by atoms with E-state index in [4.69, 9.17) is 17.0 Å². The van der Waals surface area contributed by atoms with Gasteiger partial charge in [0.25, 0.3) is 5.91 Å². The van der Waals surface area contributed by atoms with Crippen LogP contribution in [0.25, 0.3) is 6.08 Å². The van der Waals surface area contributed by atoms with Crippen LogP contribution in [0.3, 0.4) is 0 Å². The Bertz CT molecular complexity index is 930. The fraction of sp³-hybridized carbons (Fsp3) is 0.304. The van der Waals surface area contributed by atoms with Crippen molar-refractivity contribution in [1.29, 1.82) is 0 Å². The molecule has 0 unspecified atom stereocenters. The minimum atomic E-state index is -0.135. The van der Waals surface area contributed by atoms with Crippen LogP contribution in [0.5, 0.6) is 0 Å². The summed E-state index contributed by atoms with van der Waals surface area (Å²) in [4.78, 5) is 16.8. The predicted octanol–water partition coefficient (Wildman–Crippen LogP) is 3.91. The molecule has 0 atom stereocenters. The number of carbonyl (C=O) groups is 1. The third-order valence-electron chi connectivity index (χ3n) is 5.28. The van der Waals surface area contributed by atoms with Crippen LogP contribution >= 0.6 is 12.2 Å². The van der Waals surface area contributed by atoms with Gasteiger partial charge in [-0.2, -0.15) is 0 Å². The van der Waals surface area contributed by atoms with Gasteiger partial charge in [-0.3, -0.25) is 9.69 Å². The molecule has 0 radical (unpaired) electrons. The van der Waals surface area contributed by atoms with E-state index in [1.54, 1.807) is 4.90 Å². The first-order valence-electron chi connectivity index (χ1n) is 9.93. The Hall–Kier alpha value is -2.70. The van der Waals surface area contributed by atoms with E-state index in [0.717, 1.165) is 37.6 Å². The molecule has 2 fully saturated rings. The summed E-state index contributed by atoms with van der Waals surface area (Å²) in [7, 11) is 0. The van der Waals surface area contributed by atoms with Gasteiger partial charge in [-0.1, -0.05) is 38.1 Å². The van der Waals surface area contributed by atoms with E-state index in [9.17, 15) is 4.79 Å². The van der Waals surface area contributed by atoms with Gasteiger partial charge in [-0.05, 0) is 59.6 Å². The van der Waals surface area contributed by atoms with Gasteiger partial charge in [0.1, 0.15) is 5.70 Å². The van der Waals surface area contributed by atoms with E-state index >= 15 is 0 Å². The van der Waals surface area contributed by atoms with Crippen LogP contribution in [-0.4, -0.2) is 37.3 Å². The molecule has 0 aromatic heterocycles. The second kappa shape index (κ2) is 8.35. The van der Waals surface area contributed by atoms with Crippen LogP contribution in [0.15, 0.2) is 54.2 Å². The molecule has 150 valence electrons. The van der Waals surface area contributed by atoms with Crippen LogP contribution < -0.4 is 15.1 Å². The van der Waals surface area contributed by atoms with Crippen molar-refractivity contribution < 1.29 is 9.53 Å². The van der Waals surface area contributed by atoms with Crippen molar-refractivity contribution in [2.45, 2.75) is 19.8 Å². The van der Waals surface area contributed by atoms with Gasteiger partial charge in [0.2, 0.25) is 0 Å². The van der Waals surface area contributed by atoms with Crippen molar-refractivity contribution in [2.24, 2.45) is 0 Å². The van der Waals surface area contributed by atoms with Crippen LogP contribution in [0.1, 0.15) is 30.9 Å². The highest BCUT2D eigenvalue weighted by Crippen LogP contribution is 2.25. The Balaban J connectivity index is 1.51. The summed E-state index contributed by atoms with van der Waals surface area (Å²) >= 11 is 5.42. The predicted molar refractivity (Wildman–Crippen MR) is 121 cm³/mol. The number of amides is 1. The fourth-order valence-electron chi connectivity index (χ4n) is 3.55. The standard InChI is InChI=1S/C23H25N3O2S/c1-16(2)18-5-9-20(10-6-18)26-22(27)21(24-23(26)29)15-17-3-7-19(8-4-17)25-11-13-28-14-12-25/h3-10,15-16H,11-14H2,1-2H3,(H,24,29)/b21-15-. The fourth-order valence-corrected chi connectivity index (χ4v) is 3.85. The van der Waals surface area contributed by atoms with E-state index < -0.39 is 0 Å². The Labute approximate surface area is 177 Å². The van der Waals surface area contributed by atoms with Crippen molar-refractivity contribution in [1.82, 2.24) is 5.32 Å². The van der Waals surface area contributed by atoms with Gasteiger partial charge in [-0.25, -0.2) is 0 Å². The van der Waals surface area contributed by atoms with E-state index in [1.807, 2.05) is 42.5 Å². The van der Waals surface area contributed by atoms with Gasteiger partial charge in [0, 0.05) is 18.8 Å². The Morgan fingerprint density at radius 2 is 1.62 bits per heavy atom. The van der Waals surface area contributed by atoms with Crippen molar-refractivity contribution in [2.75, 3.05) is 36.1 Å². The maximum atomic E-state index is 12.9. The number of morpholine rings is 1. The number of rotatable bonds is 4. The molecule has 1 N–H and O–H groups in total. The minimum Gasteiger partial charge on any atom is -0.378 e. The zero-order chi connectivity index (χ0) is 20.4. The normalized spacial score (nSPS) is 18.7. The summed E-state index contributed by atoms with van der Waals surface area (Å²) in [6.45, 7) is 7.62. The Kier molecular flexibility index (Phi) is 5.65. The lowest BCUT2D eigenvalue weighted by Crippen LogP contribution is -2.36. The maximum Gasteiger partial charge on any atom is 0.281 e. The summed E-state index contributed by atoms with van der Waals surface area (Å²) in [6.07, 6.45) is 1.85. The van der Waals surface area contributed by atoms with Crippen LogP contribution in [0.2, 0.25) is 0 Å². The summed E-state index contributed by atoms with van der Waals surface area (Å²) in [5.41, 5.74) is 4.63. The van der Waals surface area contributed by atoms with Crippen LogP contribution in [-0.2, 0) is 9.53 Å². The molecule has 0 aliphatic carbocycles.